The van der Waals surface area contributed by atoms with E-state index in [1.54, 1.807) is 0 Å². The van der Waals surface area contributed by atoms with E-state index in [2.05, 4.69) is 42.6 Å². The highest BCUT2D eigenvalue weighted by Crippen LogP contribution is 2.19. The Balaban J connectivity index is 2.60. The maximum absolute atomic E-state index is 4.12. The molecule has 1 heterocycles. The Bertz CT molecular complexity index is 255. The van der Waals surface area contributed by atoms with Crippen molar-refractivity contribution in [3.05, 3.63) is 10.6 Å². The van der Waals surface area contributed by atoms with E-state index in [9.17, 15) is 0 Å². The van der Waals surface area contributed by atoms with Crippen LogP contribution in [0.4, 0.5) is 0 Å². The smallest absolute Gasteiger partial charge is 0.0826 e. The molecule has 0 amide bonds. The number of nitrogens with zero attached hydrogens (tertiary/aromatic N) is 2. The standard InChI is InChI=1S/C9H17N3S/c1-6(2)9-8(13-12-11-9)5-10-7(3)4/h6-7,10H,5H2,1-4H3. The second kappa shape index (κ2) is 4.67. The van der Waals surface area contributed by atoms with Gasteiger partial charge in [-0.05, 0) is 17.5 Å². The summed E-state index contributed by atoms with van der Waals surface area (Å²) in [5, 5.41) is 7.50. The van der Waals surface area contributed by atoms with E-state index in [4.69, 9.17) is 0 Å². The van der Waals surface area contributed by atoms with Gasteiger partial charge in [0, 0.05) is 12.6 Å². The van der Waals surface area contributed by atoms with Crippen molar-refractivity contribution in [3.63, 3.8) is 0 Å². The van der Waals surface area contributed by atoms with Crippen molar-refractivity contribution >= 4 is 11.5 Å². The van der Waals surface area contributed by atoms with Crippen LogP contribution in [0.5, 0.6) is 0 Å². The van der Waals surface area contributed by atoms with Crippen molar-refractivity contribution in [2.45, 2.75) is 46.2 Å². The van der Waals surface area contributed by atoms with Gasteiger partial charge in [0.25, 0.3) is 0 Å². The number of hydrogen-bond acceptors (Lipinski definition) is 4. The van der Waals surface area contributed by atoms with Crippen LogP contribution in [0.2, 0.25) is 0 Å². The van der Waals surface area contributed by atoms with Gasteiger partial charge in [0.2, 0.25) is 0 Å². The molecule has 1 N–H and O–H groups in total. The van der Waals surface area contributed by atoms with Gasteiger partial charge in [-0.25, -0.2) is 0 Å². The Hall–Kier alpha value is -0.480. The van der Waals surface area contributed by atoms with E-state index >= 15 is 0 Å². The molecule has 3 nitrogen and oxygen atoms in total. The van der Waals surface area contributed by atoms with Crippen LogP contribution in [0.25, 0.3) is 0 Å². The average Bonchev–Trinajstić information content (AvgIpc) is 2.47. The Morgan fingerprint density at radius 2 is 2.00 bits per heavy atom. The first-order valence-corrected chi connectivity index (χ1v) is 5.43. The van der Waals surface area contributed by atoms with Crippen LogP contribution >= 0.6 is 11.5 Å². The summed E-state index contributed by atoms with van der Waals surface area (Å²) in [7, 11) is 0. The monoisotopic (exact) mass is 199 g/mol. The van der Waals surface area contributed by atoms with E-state index in [1.807, 2.05) is 0 Å². The lowest BCUT2D eigenvalue weighted by Crippen LogP contribution is -2.22. The molecule has 74 valence electrons. The molecule has 0 radical (unpaired) electrons. The minimum absolute atomic E-state index is 0.475. The number of aromatic nitrogens is 2. The highest BCUT2D eigenvalue weighted by Gasteiger charge is 2.10. The fraction of sp³-hybridized carbons (Fsp3) is 0.778. The molecule has 13 heavy (non-hydrogen) atoms. The quantitative estimate of drug-likeness (QED) is 0.807. The largest absolute Gasteiger partial charge is 0.310 e. The molecule has 0 unspecified atom stereocenters. The number of rotatable bonds is 4. The van der Waals surface area contributed by atoms with Gasteiger partial charge in [0.05, 0.1) is 10.6 Å². The maximum Gasteiger partial charge on any atom is 0.0826 e. The third-order valence-electron chi connectivity index (χ3n) is 1.80. The van der Waals surface area contributed by atoms with Crippen LogP contribution in [0, 0.1) is 0 Å². The highest BCUT2D eigenvalue weighted by atomic mass is 32.1. The zero-order chi connectivity index (χ0) is 9.84. The van der Waals surface area contributed by atoms with Gasteiger partial charge in [0.1, 0.15) is 0 Å². The van der Waals surface area contributed by atoms with Crippen molar-refractivity contribution < 1.29 is 0 Å². The maximum atomic E-state index is 4.12. The SMILES string of the molecule is CC(C)NCc1snnc1C(C)C. The summed E-state index contributed by atoms with van der Waals surface area (Å²) in [6, 6.07) is 0.516. The first-order chi connectivity index (χ1) is 6.11. The fourth-order valence-electron chi connectivity index (χ4n) is 1.07. The molecule has 0 aliphatic rings. The summed E-state index contributed by atoms with van der Waals surface area (Å²) in [5.41, 5.74) is 1.14. The van der Waals surface area contributed by atoms with Crippen LogP contribution in [0.15, 0.2) is 0 Å². The molecule has 0 saturated carbocycles. The van der Waals surface area contributed by atoms with E-state index in [0.29, 0.717) is 12.0 Å². The fourth-order valence-corrected chi connectivity index (χ4v) is 1.82. The van der Waals surface area contributed by atoms with Crippen LogP contribution in [-0.4, -0.2) is 15.6 Å². The predicted octanol–water partition coefficient (Wildman–Crippen LogP) is 2.16. The molecule has 1 aromatic rings. The molecule has 0 aliphatic carbocycles. The molecule has 0 aromatic carbocycles. The molecule has 4 heteroatoms. The highest BCUT2D eigenvalue weighted by molar-refractivity contribution is 7.05. The Kier molecular flexibility index (Phi) is 3.81. The van der Waals surface area contributed by atoms with E-state index < -0.39 is 0 Å². The third kappa shape index (κ3) is 3.04. The Labute approximate surface area is 83.7 Å². The van der Waals surface area contributed by atoms with Crippen LogP contribution < -0.4 is 5.32 Å². The second-order valence-corrected chi connectivity index (χ2v) is 4.61. The molecular weight excluding hydrogens is 182 g/mol. The van der Waals surface area contributed by atoms with Gasteiger partial charge in [-0.3, -0.25) is 0 Å². The molecule has 0 saturated heterocycles. The number of nitrogens with one attached hydrogen (secondary N) is 1. The zero-order valence-corrected chi connectivity index (χ0v) is 9.48. The second-order valence-electron chi connectivity index (χ2n) is 3.77. The van der Waals surface area contributed by atoms with Crippen molar-refractivity contribution in [3.8, 4) is 0 Å². The first kappa shape index (κ1) is 10.6. The van der Waals surface area contributed by atoms with Gasteiger partial charge in [0.15, 0.2) is 0 Å². The van der Waals surface area contributed by atoms with Crippen LogP contribution in [0.1, 0.15) is 44.2 Å². The molecule has 0 bridgehead atoms. The van der Waals surface area contributed by atoms with Crippen molar-refractivity contribution in [1.82, 2.24) is 14.9 Å². The van der Waals surface area contributed by atoms with Gasteiger partial charge in [-0.2, -0.15) is 0 Å². The van der Waals surface area contributed by atoms with E-state index in [1.165, 1.54) is 16.4 Å². The number of hydrogen-bond donors (Lipinski definition) is 1. The minimum Gasteiger partial charge on any atom is -0.310 e. The summed E-state index contributed by atoms with van der Waals surface area (Å²) in [6.07, 6.45) is 0. The normalized spacial score (nSPS) is 11.5. The summed E-state index contributed by atoms with van der Waals surface area (Å²) in [5.74, 6) is 0.475. The van der Waals surface area contributed by atoms with Gasteiger partial charge in [-0.15, -0.1) is 5.10 Å². The topological polar surface area (TPSA) is 37.8 Å². The van der Waals surface area contributed by atoms with Crippen molar-refractivity contribution in [2.24, 2.45) is 0 Å². The first-order valence-electron chi connectivity index (χ1n) is 4.65. The molecule has 0 atom stereocenters. The van der Waals surface area contributed by atoms with Gasteiger partial charge in [-0.1, -0.05) is 32.2 Å². The molecular formula is C9H17N3S. The summed E-state index contributed by atoms with van der Waals surface area (Å²) in [4.78, 5) is 1.27. The Morgan fingerprint density at radius 3 is 2.54 bits per heavy atom. The van der Waals surface area contributed by atoms with Gasteiger partial charge >= 0.3 is 0 Å². The zero-order valence-electron chi connectivity index (χ0n) is 8.66. The van der Waals surface area contributed by atoms with E-state index in [-0.39, 0.29) is 0 Å². The van der Waals surface area contributed by atoms with Crippen molar-refractivity contribution in [1.29, 1.82) is 0 Å². The molecule has 1 aromatic heterocycles. The predicted molar refractivity (Wildman–Crippen MR) is 56.0 cm³/mol. The average molecular weight is 199 g/mol. The lowest BCUT2D eigenvalue weighted by Gasteiger charge is -2.08. The lowest BCUT2D eigenvalue weighted by atomic mass is 10.1. The third-order valence-corrected chi connectivity index (χ3v) is 2.54. The van der Waals surface area contributed by atoms with Crippen LogP contribution in [-0.2, 0) is 6.54 Å². The summed E-state index contributed by atoms with van der Waals surface area (Å²) < 4.78 is 3.97. The van der Waals surface area contributed by atoms with Gasteiger partial charge < -0.3 is 5.32 Å². The minimum atomic E-state index is 0.475. The lowest BCUT2D eigenvalue weighted by molar-refractivity contribution is 0.587. The van der Waals surface area contributed by atoms with Crippen molar-refractivity contribution in [2.75, 3.05) is 0 Å². The molecule has 0 spiro atoms. The molecule has 1 rings (SSSR count). The Morgan fingerprint density at radius 1 is 1.31 bits per heavy atom. The molecule has 0 aliphatic heterocycles. The van der Waals surface area contributed by atoms with E-state index in [0.717, 1.165) is 12.2 Å². The molecule has 0 fully saturated rings. The summed E-state index contributed by atoms with van der Waals surface area (Å²) >= 11 is 1.50. The van der Waals surface area contributed by atoms with Crippen LogP contribution in [0.3, 0.4) is 0 Å². The summed E-state index contributed by atoms with van der Waals surface area (Å²) in [6.45, 7) is 9.47.